The molecule has 6 heteroatoms. The van der Waals surface area contributed by atoms with Gasteiger partial charge in [-0.2, -0.15) is 5.10 Å². The molecule has 0 saturated heterocycles. The van der Waals surface area contributed by atoms with Crippen molar-refractivity contribution < 1.29 is 9.90 Å². The quantitative estimate of drug-likeness (QED) is 0.384. The average Bonchev–Trinajstić information content (AvgIpc) is 2.70. The molecular formula is C14H20N4O2. The van der Waals surface area contributed by atoms with Crippen LogP contribution in [-0.4, -0.2) is 27.9 Å². The zero-order valence-corrected chi connectivity index (χ0v) is 11.5. The van der Waals surface area contributed by atoms with Gasteiger partial charge in [-0.1, -0.05) is 0 Å². The molecule has 6 nitrogen and oxygen atoms in total. The monoisotopic (exact) mass is 276 g/mol. The molecule has 108 valence electrons. The van der Waals surface area contributed by atoms with Crippen molar-refractivity contribution in [2.45, 2.75) is 38.6 Å². The smallest absolute Gasteiger partial charge is 0.404 e. The molecule has 1 amide bonds. The van der Waals surface area contributed by atoms with E-state index in [4.69, 9.17) is 10.9 Å². The lowest BCUT2D eigenvalue weighted by Crippen LogP contribution is -2.57. The van der Waals surface area contributed by atoms with Gasteiger partial charge in [0.1, 0.15) is 0 Å². The van der Waals surface area contributed by atoms with E-state index in [1.165, 1.54) is 0 Å². The van der Waals surface area contributed by atoms with E-state index in [1.54, 1.807) is 0 Å². The maximum atomic E-state index is 10.6. The van der Waals surface area contributed by atoms with Crippen LogP contribution in [0.4, 0.5) is 4.79 Å². The number of aromatic nitrogens is 1. The normalized spacial score (nSPS) is 32.5. The second kappa shape index (κ2) is 4.54. The van der Waals surface area contributed by atoms with Gasteiger partial charge in [0.05, 0.1) is 11.4 Å². The van der Waals surface area contributed by atoms with Gasteiger partial charge in [0.25, 0.3) is 0 Å². The number of hydrogen-bond donors (Lipinski definition) is 4. The molecule has 0 unspecified atom stereocenters. The second-order valence-corrected chi connectivity index (χ2v) is 6.21. The van der Waals surface area contributed by atoms with E-state index >= 15 is 0 Å². The number of aromatic amines is 1. The van der Waals surface area contributed by atoms with Gasteiger partial charge in [0, 0.05) is 18.2 Å². The zero-order chi connectivity index (χ0) is 14.3. The largest absolute Gasteiger partial charge is 0.465 e. The van der Waals surface area contributed by atoms with Crippen LogP contribution in [0.25, 0.3) is 0 Å². The van der Waals surface area contributed by atoms with E-state index in [0.29, 0.717) is 11.3 Å². The Balaban J connectivity index is 1.58. The van der Waals surface area contributed by atoms with Crippen molar-refractivity contribution in [1.29, 1.82) is 0 Å². The van der Waals surface area contributed by atoms with Gasteiger partial charge in [0.2, 0.25) is 0 Å². The van der Waals surface area contributed by atoms with E-state index in [0.717, 1.165) is 42.7 Å². The molecule has 2 aliphatic carbocycles. The van der Waals surface area contributed by atoms with Crippen molar-refractivity contribution >= 4 is 11.8 Å². The molecule has 0 aliphatic heterocycles. The van der Waals surface area contributed by atoms with E-state index < -0.39 is 6.09 Å². The molecule has 0 aromatic carbocycles. The fourth-order valence-electron chi connectivity index (χ4n) is 3.87. The fraction of sp³-hybridized carbons (Fsp3) is 0.571. The number of carbonyl (C=O) groups is 1. The molecule has 0 bridgehead atoms. The number of rotatable bonds is 3. The predicted molar refractivity (Wildman–Crippen MR) is 75.6 cm³/mol. The van der Waals surface area contributed by atoms with Gasteiger partial charge in [-0.3, -0.25) is 0 Å². The van der Waals surface area contributed by atoms with Gasteiger partial charge in [-0.25, -0.2) is 4.79 Å². The van der Waals surface area contributed by atoms with E-state index in [1.807, 2.05) is 19.2 Å². The summed E-state index contributed by atoms with van der Waals surface area (Å²) in [4.78, 5) is 13.8. The Morgan fingerprint density at radius 2 is 2.20 bits per heavy atom. The minimum Gasteiger partial charge on any atom is -0.465 e. The van der Waals surface area contributed by atoms with Gasteiger partial charge in [-0.05, 0) is 49.7 Å². The van der Waals surface area contributed by atoms with Crippen LogP contribution in [0, 0.1) is 18.3 Å². The fourth-order valence-corrected chi connectivity index (χ4v) is 3.87. The molecule has 20 heavy (non-hydrogen) atoms. The number of amides is 1. The molecule has 0 atom stereocenters. The number of carboxylic acid groups (broad SMARTS) is 1. The van der Waals surface area contributed by atoms with Crippen molar-refractivity contribution in [1.82, 2.24) is 10.3 Å². The Hall–Kier alpha value is -1.98. The minimum atomic E-state index is -0.924. The Morgan fingerprint density at radius 1 is 1.50 bits per heavy atom. The molecule has 1 spiro atoms. The molecule has 2 aliphatic rings. The first-order chi connectivity index (χ1) is 9.53. The number of hydrogen-bond acceptors (Lipinski definition) is 3. The minimum absolute atomic E-state index is 0.124. The van der Waals surface area contributed by atoms with E-state index in [9.17, 15) is 4.79 Å². The lowest BCUT2D eigenvalue weighted by molar-refractivity contribution is -0.0234. The van der Waals surface area contributed by atoms with E-state index in [-0.39, 0.29) is 6.04 Å². The molecule has 0 radical (unpaired) electrons. The Labute approximate surface area is 117 Å². The van der Waals surface area contributed by atoms with Gasteiger partial charge < -0.3 is 21.2 Å². The third kappa shape index (κ3) is 2.05. The van der Waals surface area contributed by atoms with Crippen molar-refractivity contribution in [2.24, 2.45) is 22.3 Å². The zero-order valence-electron chi connectivity index (χ0n) is 11.5. The number of hydrazone groups is 1. The number of nitrogens with two attached hydrogens (primary N) is 1. The Morgan fingerprint density at radius 3 is 2.70 bits per heavy atom. The summed E-state index contributed by atoms with van der Waals surface area (Å²) in [6.07, 6.45) is 4.97. The summed E-state index contributed by atoms with van der Waals surface area (Å²) in [5.74, 6) is 5.95. The topological polar surface area (TPSA) is 104 Å². The highest BCUT2D eigenvalue weighted by Gasteiger charge is 2.54. The Kier molecular flexibility index (Phi) is 2.96. The standard InChI is InChI=1S/C14H20N4O2/c1-8-2-3-16-11(8)12(18-15)9-4-14(5-9)6-10(7-14)17-13(19)20/h2-3,9-10,16-17H,4-7,15H2,1H3,(H,19,20)/b18-12-. The lowest BCUT2D eigenvalue weighted by Gasteiger charge is -2.57. The summed E-state index contributed by atoms with van der Waals surface area (Å²) in [5, 5.41) is 15.2. The van der Waals surface area contributed by atoms with Crippen molar-refractivity contribution in [3.8, 4) is 0 Å². The third-order valence-electron chi connectivity index (χ3n) is 4.78. The van der Waals surface area contributed by atoms with Crippen LogP contribution in [0.15, 0.2) is 17.4 Å². The van der Waals surface area contributed by atoms with Crippen LogP contribution >= 0.6 is 0 Å². The molecule has 1 aromatic heterocycles. The maximum absolute atomic E-state index is 10.6. The number of H-pyrrole nitrogens is 1. The molecular weight excluding hydrogens is 256 g/mol. The summed E-state index contributed by atoms with van der Waals surface area (Å²) in [6.45, 7) is 2.04. The van der Waals surface area contributed by atoms with Crippen molar-refractivity contribution in [2.75, 3.05) is 0 Å². The summed E-state index contributed by atoms with van der Waals surface area (Å²) in [5.41, 5.74) is 3.46. The summed E-state index contributed by atoms with van der Waals surface area (Å²) >= 11 is 0. The number of aryl methyl sites for hydroxylation is 1. The lowest BCUT2D eigenvalue weighted by atomic mass is 9.49. The third-order valence-corrected chi connectivity index (χ3v) is 4.78. The molecule has 1 aromatic rings. The Bertz CT molecular complexity index is 549. The average molecular weight is 276 g/mol. The van der Waals surface area contributed by atoms with Gasteiger partial charge >= 0.3 is 6.09 Å². The first-order valence-electron chi connectivity index (χ1n) is 6.94. The van der Waals surface area contributed by atoms with Crippen LogP contribution in [0.1, 0.15) is 36.9 Å². The van der Waals surface area contributed by atoms with Crippen LogP contribution in [-0.2, 0) is 0 Å². The van der Waals surface area contributed by atoms with Crippen molar-refractivity contribution in [3.05, 3.63) is 23.5 Å². The molecule has 5 N–H and O–H groups in total. The van der Waals surface area contributed by atoms with E-state index in [2.05, 4.69) is 15.4 Å². The number of nitrogens with one attached hydrogen (secondary N) is 2. The van der Waals surface area contributed by atoms with Gasteiger partial charge in [0.15, 0.2) is 0 Å². The summed E-state index contributed by atoms with van der Waals surface area (Å²) in [6, 6.07) is 2.14. The molecule has 2 saturated carbocycles. The second-order valence-electron chi connectivity index (χ2n) is 6.21. The van der Waals surface area contributed by atoms with Crippen LogP contribution in [0.2, 0.25) is 0 Å². The highest BCUT2D eigenvalue weighted by atomic mass is 16.4. The highest BCUT2D eigenvalue weighted by Crippen LogP contribution is 2.59. The van der Waals surface area contributed by atoms with Crippen molar-refractivity contribution in [3.63, 3.8) is 0 Å². The van der Waals surface area contributed by atoms with Crippen LogP contribution in [0.3, 0.4) is 0 Å². The number of nitrogens with zero attached hydrogens (tertiary/aromatic N) is 1. The summed E-state index contributed by atoms with van der Waals surface area (Å²) in [7, 11) is 0. The first kappa shape index (κ1) is 13.0. The SMILES string of the molecule is Cc1cc[nH]c1/C(=N\N)C1CC2(CC(NC(=O)O)C2)C1. The van der Waals surface area contributed by atoms with Gasteiger partial charge in [-0.15, -0.1) is 0 Å². The molecule has 3 rings (SSSR count). The van der Waals surface area contributed by atoms with Crippen LogP contribution in [0.5, 0.6) is 0 Å². The highest BCUT2D eigenvalue weighted by molar-refractivity contribution is 6.02. The maximum Gasteiger partial charge on any atom is 0.404 e. The first-order valence-corrected chi connectivity index (χ1v) is 6.94. The van der Waals surface area contributed by atoms with Crippen LogP contribution < -0.4 is 11.2 Å². The predicted octanol–water partition coefficient (Wildman–Crippen LogP) is 1.81. The molecule has 2 fully saturated rings. The molecule has 1 heterocycles. The summed E-state index contributed by atoms with van der Waals surface area (Å²) < 4.78 is 0.